The summed E-state index contributed by atoms with van der Waals surface area (Å²) in [6.07, 6.45) is -2.72. The number of nitrogens with two attached hydrogens (primary N) is 1. The highest BCUT2D eigenvalue weighted by atomic mass is 127. The molecule has 1 fully saturated rings. The van der Waals surface area contributed by atoms with E-state index < -0.39 is 12.7 Å². The first-order chi connectivity index (χ1) is 9.40. The Balaban J connectivity index is 0.00000400. The topological polar surface area (TPSA) is 62.9 Å². The molecule has 126 valence electrons. The summed E-state index contributed by atoms with van der Waals surface area (Å²) in [5.41, 5.74) is 5.70. The summed E-state index contributed by atoms with van der Waals surface area (Å²) >= 11 is 0. The molecule has 0 aromatic heterocycles. The molecule has 0 aliphatic carbocycles. The smallest absolute Gasteiger partial charge is 0.382 e. The van der Waals surface area contributed by atoms with Crippen LogP contribution in [0.5, 0.6) is 0 Å². The van der Waals surface area contributed by atoms with E-state index in [9.17, 15) is 13.2 Å². The van der Waals surface area contributed by atoms with Gasteiger partial charge in [-0.25, -0.2) is 0 Å². The van der Waals surface area contributed by atoms with E-state index in [4.69, 9.17) is 10.5 Å². The zero-order valence-electron chi connectivity index (χ0n) is 12.2. The molecule has 9 heteroatoms. The van der Waals surface area contributed by atoms with Crippen molar-refractivity contribution in [3.8, 4) is 0 Å². The first kappa shape index (κ1) is 20.7. The first-order valence-corrected chi connectivity index (χ1v) is 6.84. The highest BCUT2D eigenvalue weighted by Gasteiger charge is 2.34. The number of ether oxygens (including phenoxy) is 1. The molecule has 0 radical (unpaired) electrons. The Morgan fingerprint density at radius 2 is 2.19 bits per heavy atom. The number of nitrogens with zero attached hydrogens (tertiary/aromatic N) is 2. The fourth-order valence-corrected chi connectivity index (χ4v) is 2.11. The molecule has 1 heterocycles. The van der Waals surface area contributed by atoms with Gasteiger partial charge in [-0.05, 0) is 19.8 Å². The summed E-state index contributed by atoms with van der Waals surface area (Å²) in [5.74, 6) is 0.292. The second-order valence-electron chi connectivity index (χ2n) is 4.80. The maximum Gasteiger partial charge on any atom is 0.401 e. The maximum absolute atomic E-state index is 12.2. The summed E-state index contributed by atoms with van der Waals surface area (Å²) in [6.45, 7) is 3.69. The average molecular weight is 424 g/mol. The maximum atomic E-state index is 12.2. The molecule has 0 saturated carbocycles. The minimum absolute atomic E-state index is 0. The molecule has 0 amide bonds. The highest BCUT2D eigenvalue weighted by molar-refractivity contribution is 14.0. The van der Waals surface area contributed by atoms with Gasteiger partial charge in [-0.1, -0.05) is 0 Å². The minimum atomic E-state index is -4.15. The molecule has 1 saturated heterocycles. The van der Waals surface area contributed by atoms with Crippen molar-refractivity contribution in [1.82, 2.24) is 10.2 Å². The van der Waals surface area contributed by atoms with Crippen molar-refractivity contribution in [1.29, 1.82) is 0 Å². The summed E-state index contributed by atoms with van der Waals surface area (Å²) in [7, 11) is 0. The van der Waals surface area contributed by atoms with Gasteiger partial charge in [0.15, 0.2) is 5.96 Å². The predicted octanol–water partition coefficient (Wildman–Crippen LogP) is 1.57. The molecule has 1 rings (SSSR count). The van der Waals surface area contributed by atoms with Gasteiger partial charge in [0.1, 0.15) is 0 Å². The molecule has 1 atom stereocenters. The van der Waals surface area contributed by atoms with Crippen LogP contribution >= 0.6 is 24.0 Å². The minimum Gasteiger partial charge on any atom is -0.382 e. The normalized spacial score (nSPS) is 20.4. The van der Waals surface area contributed by atoms with Gasteiger partial charge in [-0.2, -0.15) is 13.2 Å². The molecule has 3 N–H and O–H groups in total. The van der Waals surface area contributed by atoms with Crippen molar-refractivity contribution >= 4 is 29.9 Å². The number of aliphatic imine (C=N–C) groups is 1. The van der Waals surface area contributed by atoms with Crippen molar-refractivity contribution in [2.75, 3.05) is 39.4 Å². The molecule has 0 aromatic rings. The molecular weight excluding hydrogens is 400 g/mol. The van der Waals surface area contributed by atoms with E-state index in [-0.39, 0.29) is 30.0 Å². The second-order valence-corrected chi connectivity index (χ2v) is 4.80. The Hall–Kier alpha value is -0.290. The zero-order chi connectivity index (χ0) is 15.0. The summed E-state index contributed by atoms with van der Waals surface area (Å²) in [6, 6.07) is -0.0620. The van der Waals surface area contributed by atoms with E-state index in [1.165, 1.54) is 4.90 Å². The van der Waals surface area contributed by atoms with E-state index >= 15 is 0 Å². The quantitative estimate of drug-likeness (QED) is 0.282. The summed E-state index contributed by atoms with van der Waals surface area (Å²) < 4.78 is 41.9. The van der Waals surface area contributed by atoms with Gasteiger partial charge in [-0.3, -0.25) is 9.89 Å². The molecule has 21 heavy (non-hydrogen) atoms. The van der Waals surface area contributed by atoms with Crippen LogP contribution in [0.1, 0.15) is 19.8 Å². The van der Waals surface area contributed by atoms with Gasteiger partial charge in [-0.15, -0.1) is 24.0 Å². The van der Waals surface area contributed by atoms with Crippen molar-refractivity contribution in [3.63, 3.8) is 0 Å². The number of hydrogen-bond acceptors (Lipinski definition) is 3. The Labute approximate surface area is 140 Å². The van der Waals surface area contributed by atoms with Crippen LogP contribution in [0.2, 0.25) is 0 Å². The fourth-order valence-electron chi connectivity index (χ4n) is 2.11. The Kier molecular flexibility index (Phi) is 10.3. The van der Waals surface area contributed by atoms with Gasteiger partial charge >= 0.3 is 6.18 Å². The summed E-state index contributed by atoms with van der Waals surface area (Å²) in [4.78, 5) is 5.50. The van der Waals surface area contributed by atoms with Crippen LogP contribution in [0.15, 0.2) is 4.99 Å². The third-order valence-electron chi connectivity index (χ3n) is 2.96. The standard InChI is InChI=1S/C12H23F3N4O.HI/c1-2-20-7-3-5-17-11(16)18-10-4-6-19(8-10)9-12(13,14)15;/h10H,2-9H2,1H3,(H3,16,17,18);1H. The SMILES string of the molecule is CCOCCCN=C(N)NC1CCN(CC(F)(F)F)C1.I. The molecule has 1 aliphatic rings. The van der Waals surface area contributed by atoms with E-state index in [1.807, 2.05) is 6.92 Å². The number of halogens is 4. The largest absolute Gasteiger partial charge is 0.401 e. The molecule has 5 nitrogen and oxygen atoms in total. The van der Waals surface area contributed by atoms with Crippen LogP contribution in [0.25, 0.3) is 0 Å². The molecule has 1 aliphatic heterocycles. The van der Waals surface area contributed by atoms with Crippen LogP contribution < -0.4 is 11.1 Å². The number of nitrogens with one attached hydrogen (secondary N) is 1. The lowest BCUT2D eigenvalue weighted by Gasteiger charge is -2.18. The van der Waals surface area contributed by atoms with Gasteiger partial charge in [0, 0.05) is 38.9 Å². The van der Waals surface area contributed by atoms with E-state index in [1.54, 1.807) is 0 Å². The van der Waals surface area contributed by atoms with Gasteiger partial charge in [0.25, 0.3) is 0 Å². The zero-order valence-corrected chi connectivity index (χ0v) is 14.5. The van der Waals surface area contributed by atoms with Crippen LogP contribution in [0, 0.1) is 0 Å². The second kappa shape index (κ2) is 10.4. The fraction of sp³-hybridized carbons (Fsp3) is 0.917. The lowest BCUT2D eigenvalue weighted by Crippen LogP contribution is -2.42. The highest BCUT2D eigenvalue weighted by Crippen LogP contribution is 2.19. The van der Waals surface area contributed by atoms with Crippen LogP contribution in [-0.4, -0.2) is 62.5 Å². The van der Waals surface area contributed by atoms with Crippen LogP contribution in [0.4, 0.5) is 13.2 Å². The number of rotatable bonds is 7. The van der Waals surface area contributed by atoms with Crippen molar-refractivity contribution in [3.05, 3.63) is 0 Å². The van der Waals surface area contributed by atoms with E-state index in [2.05, 4.69) is 10.3 Å². The Morgan fingerprint density at radius 3 is 2.81 bits per heavy atom. The molecular formula is C12H24F3IN4O. The number of hydrogen-bond donors (Lipinski definition) is 2. The Morgan fingerprint density at radius 1 is 1.48 bits per heavy atom. The van der Waals surface area contributed by atoms with Crippen molar-refractivity contribution < 1.29 is 17.9 Å². The molecule has 0 aromatic carbocycles. The molecule has 0 bridgehead atoms. The Bertz CT molecular complexity index is 315. The third kappa shape index (κ3) is 10.1. The van der Waals surface area contributed by atoms with Crippen LogP contribution in [-0.2, 0) is 4.74 Å². The van der Waals surface area contributed by atoms with Gasteiger partial charge in [0.2, 0.25) is 0 Å². The monoisotopic (exact) mass is 424 g/mol. The molecule has 1 unspecified atom stereocenters. The lowest BCUT2D eigenvalue weighted by molar-refractivity contribution is -0.143. The molecule has 0 spiro atoms. The van der Waals surface area contributed by atoms with Gasteiger partial charge in [0.05, 0.1) is 6.54 Å². The van der Waals surface area contributed by atoms with Gasteiger partial charge < -0.3 is 15.8 Å². The van der Waals surface area contributed by atoms with Crippen LogP contribution in [0.3, 0.4) is 0 Å². The third-order valence-corrected chi connectivity index (χ3v) is 2.96. The first-order valence-electron chi connectivity index (χ1n) is 6.84. The number of guanidine groups is 1. The number of alkyl halides is 3. The van der Waals surface area contributed by atoms with Crippen molar-refractivity contribution in [2.24, 2.45) is 10.7 Å². The summed E-state index contributed by atoms with van der Waals surface area (Å²) in [5, 5.41) is 2.96. The van der Waals surface area contributed by atoms with E-state index in [0.717, 1.165) is 6.42 Å². The lowest BCUT2D eigenvalue weighted by atomic mass is 10.3. The number of likely N-dealkylation sites (tertiary alicyclic amines) is 1. The predicted molar refractivity (Wildman–Crippen MR) is 87.1 cm³/mol. The average Bonchev–Trinajstić information content (AvgIpc) is 2.73. The van der Waals surface area contributed by atoms with E-state index in [0.29, 0.717) is 45.2 Å². The van der Waals surface area contributed by atoms with Crippen molar-refractivity contribution in [2.45, 2.75) is 32.0 Å².